The van der Waals surface area contributed by atoms with Gasteiger partial charge in [-0.15, -0.1) is 11.3 Å². The molecule has 1 fully saturated rings. The number of halogens is 2. The van der Waals surface area contributed by atoms with Gasteiger partial charge in [0, 0.05) is 17.8 Å². The summed E-state index contributed by atoms with van der Waals surface area (Å²) in [5.74, 6) is -2.74. The second kappa shape index (κ2) is 10.5. The zero-order valence-corrected chi connectivity index (χ0v) is 19.3. The Morgan fingerprint density at radius 3 is 2.58 bits per heavy atom. The van der Waals surface area contributed by atoms with Crippen LogP contribution in [-0.2, 0) is 9.59 Å². The summed E-state index contributed by atoms with van der Waals surface area (Å²) in [4.78, 5) is 26.7. The molecule has 1 amide bonds. The maximum atomic E-state index is 13.6. The van der Waals surface area contributed by atoms with Gasteiger partial charge in [0.05, 0.1) is 4.91 Å². The fourth-order valence-corrected chi connectivity index (χ4v) is 5.83. The highest BCUT2D eigenvalue weighted by Gasteiger charge is 2.34. The van der Waals surface area contributed by atoms with Crippen molar-refractivity contribution in [3.63, 3.8) is 0 Å². The number of unbranched alkanes of at least 4 members (excludes halogenated alkanes) is 2. The number of hydrogen-bond donors (Lipinski definition) is 1. The van der Waals surface area contributed by atoms with Crippen molar-refractivity contribution in [2.75, 3.05) is 6.54 Å². The van der Waals surface area contributed by atoms with Gasteiger partial charge in [-0.25, -0.2) is 8.78 Å². The smallest absolute Gasteiger partial charge is 0.303 e. The minimum atomic E-state index is -0.898. The van der Waals surface area contributed by atoms with Crippen LogP contribution in [0, 0.1) is 11.6 Å². The Morgan fingerprint density at radius 1 is 1.13 bits per heavy atom. The average Bonchev–Trinajstić information content (AvgIpc) is 3.31. The van der Waals surface area contributed by atoms with Crippen LogP contribution in [0.25, 0.3) is 16.7 Å². The van der Waals surface area contributed by atoms with Gasteiger partial charge in [0.25, 0.3) is 5.91 Å². The lowest BCUT2D eigenvalue weighted by Crippen LogP contribution is -2.29. The van der Waals surface area contributed by atoms with Crippen LogP contribution < -0.4 is 0 Å². The van der Waals surface area contributed by atoms with E-state index >= 15 is 0 Å². The number of thiophene rings is 1. The maximum Gasteiger partial charge on any atom is 0.303 e. The van der Waals surface area contributed by atoms with Gasteiger partial charge in [0.1, 0.15) is 4.32 Å². The molecule has 0 radical (unpaired) electrons. The number of amides is 1. The molecule has 1 aromatic heterocycles. The summed E-state index contributed by atoms with van der Waals surface area (Å²) in [6.45, 7) is 2.43. The number of rotatable bonds is 9. The van der Waals surface area contributed by atoms with E-state index in [4.69, 9.17) is 17.3 Å². The molecule has 9 heteroatoms. The predicted molar refractivity (Wildman–Crippen MR) is 125 cm³/mol. The second-order valence-electron chi connectivity index (χ2n) is 7.02. The van der Waals surface area contributed by atoms with E-state index in [0.29, 0.717) is 47.0 Å². The first-order valence-corrected chi connectivity index (χ1v) is 11.9. The van der Waals surface area contributed by atoms with Gasteiger partial charge >= 0.3 is 5.97 Å². The fraction of sp³-hybridized carbons (Fsp3) is 0.318. The molecule has 0 bridgehead atoms. The van der Waals surface area contributed by atoms with Crippen molar-refractivity contribution in [2.24, 2.45) is 0 Å². The van der Waals surface area contributed by atoms with Crippen molar-refractivity contribution in [2.45, 2.75) is 39.0 Å². The number of carbonyl (C=O) groups excluding carboxylic acids is 1. The first kappa shape index (κ1) is 23.6. The molecule has 0 aliphatic carbocycles. The molecule has 0 spiro atoms. The summed E-state index contributed by atoms with van der Waals surface area (Å²) in [6, 6.07) is 5.68. The van der Waals surface area contributed by atoms with E-state index in [2.05, 4.69) is 0 Å². The van der Waals surface area contributed by atoms with Gasteiger partial charge in [0.2, 0.25) is 0 Å². The average molecular weight is 482 g/mol. The van der Waals surface area contributed by atoms with E-state index in [1.807, 2.05) is 18.4 Å². The summed E-state index contributed by atoms with van der Waals surface area (Å²) < 4.78 is 27.3. The normalized spacial score (nSPS) is 15.6. The lowest BCUT2D eigenvalue weighted by atomic mass is 10.1. The molecule has 1 aromatic carbocycles. The quantitative estimate of drug-likeness (QED) is 0.258. The molecule has 1 saturated heterocycles. The number of hydrogen-bond acceptors (Lipinski definition) is 5. The van der Waals surface area contributed by atoms with E-state index in [9.17, 15) is 18.4 Å². The Bertz CT molecular complexity index is 1050. The van der Waals surface area contributed by atoms with Crippen molar-refractivity contribution in [1.82, 2.24) is 4.90 Å². The van der Waals surface area contributed by atoms with E-state index < -0.39 is 17.6 Å². The second-order valence-corrected chi connectivity index (χ2v) is 9.57. The first-order chi connectivity index (χ1) is 14.8. The number of carboxylic acids is 1. The van der Waals surface area contributed by atoms with E-state index in [0.717, 1.165) is 28.1 Å². The van der Waals surface area contributed by atoms with E-state index in [1.54, 1.807) is 4.90 Å². The van der Waals surface area contributed by atoms with Gasteiger partial charge < -0.3 is 5.11 Å². The van der Waals surface area contributed by atoms with Crippen LogP contribution in [0.2, 0.25) is 0 Å². The molecule has 2 aromatic rings. The van der Waals surface area contributed by atoms with Crippen LogP contribution in [0.4, 0.5) is 8.78 Å². The van der Waals surface area contributed by atoms with Crippen LogP contribution in [0.1, 0.15) is 43.9 Å². The molecular formula is C22H21F2NO3S3. The number of aliphatic carboxylic acids is 1. The Balaban J connectivity index is 1.76. The number of benzene rings is 1. The molecule has 164 valence electrons. The number of thioether (sulfide) groups is 1. The third kappa shape index (κ3) is 5.58. The summed E-state index contributed by atoms with van der Waals surface area (Å²) >= 11 is 8.13. The van der Waals surface area contributed by atoms with Gasteiger partial charge in [0.15, 0.2) is 11.6 Å². The van der Waals surface area contributed by atoms with Gasteiger partial charge in [-0.3, -0.25) is 14.5 Å². The molecule has 3 rings (SSSR count). The number of nitrogens with zero attached hydrogens (tertiary/aromatic N) is 1. The van der Waals surface area contributed by atoms with Crippen LogP contribution >= 0.6 is 35.3 Å². The molecule has 0 saturated carbocycles. The van der Waals surface area contributed by atoms with Crippen LogP contribution in [0.3, 0.4) is 0 Å². The molecular weight excluding hydrogens is 460 g/mol. The topological polar surface area (TPSA) is 57.6 Å². The molecule has 1 aliphatic rings. The zero-order valence-electron chi connectivity index (χ0n) is 16.8. The Labute approximate surface area is 193 Å². The molecule has 2 heterocycles. The van der Waals surface area contributed by atoms with Gasteiger partial charge in [-0.1, -0.05) is 43.4 Å². The van der Waals surface area contributed by atoms with E-state index in [-0.39, 0.29) is 12.3 Å². The van der Waals surface area contributed by atoms with Crippen molar-refractivity contribution < 1.29 is 23.5 Å². The van der Waals surface area contributed by atoms with Gasteiger partial charge in [-0.2, -0.15) is 0 Å². The minimum absolute atomic E-state index is 0.122. The Morgan fingerprint density at radius 2 is 1.90 bits per heavy atom. The summed E-state index contributed by atoms with van der Waals surface area (Å²) in [7, 11) is 0. The summed E-state index contributed by atoms with van der Waals surface area (Å²) in [6.07, 6.45) is 2.72. The molecule has 0 atom stereocenters. The van der Waals surface area contributed by atoms with Crippen LogP contribution in [0.5, 0.6) is 0 Å². The highest BCUT2D eigenvalue weighted by atomic mass is 32.2. The number of carbonyl (C=O) groups is 2. The lowest BCUT2D eigenvalue weighted by Gasteiger charge is -2.14. The molecule has 4 nitrogen and oxygen atoms in total. The molecule has 0 unspecified atom stereocenters. The van der Waals surface area contributed by atoms with E-state index in [1.165, 1.54) is 29.2 Å². The number of carboxylic acid groups (broad SMARTS) is 1. The molecule has 31 heavy (non-hydrogen) atoms. The maximum absolute atomic E-state index is 13.6. The third-order valence-electron chi connectivity index (χ3n) is 4.90. The minimum Gasteiger partial charge on any atom is -0.481 e. The third-order valence-corrected chi connectivity index (χ3v) is 7.38. The SMILES string of the molecule is CC/C(=C1/SC(=S)N(CCCCCC(=O)O)C1=O)c1cc(-c2ccc(F)c(F)c2)cs1. The zero-order chi connectivity index (χ0) is 22.5. The van der Waals surface area contributed by atoms with Crippen molar-refractivity contribution in [3.05, 3.63) is 51.1 Å². The van der Waals surface area contributed by atoms with Crippen molar-refractivity contribution in [3.8, 4) is 11.1 Å². The monoisotopic (exact) mass is 481 g/mol. The summed E-state index contributed by atoms with van der Waals surface area (Å²) in [5.41, 5.74) is 2.22. The van der Waals surface area contributed by atoms with Crippen LogP contribution in [-0.4, -0.2) is 32.7 Å². The van der Waals surface area contributed by atoms with Crippen molar-refractivity contribution in [1.29, 1.82) is 0 Å². The number of allylic oxidation sites excluding steroid dienone is 1. The highest BCUT2D eigenvalue weighted by molar-refractivity contribution is 8.26. The summed E-state index contributed by atoms with van der Waals surface area (Å²) in [5, 5.41) is 10.6. The van der Waals surface area contributed by atoms with Crippen molar-refractivity contribution >= 4 is 57.1 Å². The largest absolute Gasteiger partial charge is 0.481 e. The highest BCUT2D eigenvalue weighted by Crippen LogP contribution is 2.41. The number of thiocarbonyl (C=S) groups is 1. The lowest BCUT2D eigenvalue weighted by molar-refractivity contribution is -0.137. The Hall–Kier alpha value is -2.10. The Kier molecular flexibility index (Phi) is 7.96. The first-order valence-electron chi connectivity index (χ1n) is 9.84. The molecule has 1 N–H and O–H groups in total. The van der Waals surface area contributed by atoms with Gasteiger partial charge in [-0.05, 0) is 59.5 Å². The fourth-order valence-electron chi connectivity index (χ4n) is 3.27. The predicted octanol–water partition coefficient (Wildman–Crippen LogP) is 6.32. The standard InChI is InChI=1S/C22H21F2NO3S3/c1-2-15(18-11-14(12-30-18)13-7-8-16(23)17(24)10-13)20-21(28)25(22(29)31-20)9-5-3-4-6-19(26)27/h7-8,10-12H,2-6,9H2,1H3,(H,26,27)/b20-15-. The molecule has 1 aliphatic heterocycles. The van der Waals surface area contributed by atoms with Crippen LogP contribution in [0.15, 0.2) is 34.6 Å².